The van der Waals surface area contributed by atoms with E-state index in [0.717, 1.165) is 22.8 Å². The standard InChI is InChI=1S/C13H16N2OS/c1-4-11-12(16)15-13(17-11)14-10-7-5-6-8(2)9(10)3/h5-7,11H,4H2,1-3H3,(H,14,15,16)/t11-/m0/s1. The highest BCUT2D eigenvalue weighted by Crippen LogP contribution is 2.27. The maximum atomic E-state index is 11.5. The summed E-state index contributed by atoms with van der Waals surface area (Å²) in [6, 6.07) is 6.02. The molecule has 0 saturated carbocycles. The number of nitrogens with one attached hydrogen (secondary N) is 1. The second-order valence-electron chi connectivity index (χ2n) is 4.14. The fourth-order valence-corrected chi connectivity index (χ4v) is 2.61. The molecule has 1 atom stereocenters. The van der Waals surface area contributed by atoms with Crippen LogP contribution in [0.5, 0.6) is 0 Å². The molecule has 0 radical (unpaired) electrons. The molecule has 1 saturated heterocycles. The minimum Gasteiger partial charge on any atom is -0.304 e. The molecule has 1 aliphatic rings. The summed E-state index contributed by atoms with van der Waals surface area (Å²) >= 11 is 1.52. The number of amidine groups is 1. The van der Waals surface area contributed by atoms with E-state index >= 15 is 0 Å². The van der Waals surface area contributed by atoms with Crippen molar-refractivity contribution in [2.24, 2.45) is 4.99 Å². The van der Waals surface area contributed by atoms with Crippen LogP contribution in [0.15, 0.2) is 23.2 Å². The number of amides is 1. The van der Waals surface area contributed by atoms with Gasteiger partial charge in [-0.2, -0.15) is 0 Å². The third-order valence-electron chi connectivity index (χ3n) is 2.95. The minimum absolute atomic E-state index is 0.0128. The maximum absolute atomic E-state index is 11.5. The molecule has 1 aromatic rings. The summed E-state index contributed by atoms with van der Waals surface area (Å²) in [7, 11) is 0. The Bertz CT molecular complexity index is 482. The fourth-order valence-electron chi connectivity index (χ4n) is 1.69. The largest absolute Gasteiger partial charge is 0.304 e. The molecule has 1 amide bonds. The van der Waals surface area contributed by atoms with Gasteiger partial charge in [0, 0.05) is 0 Å². The highest BCUT2D eigenvalue weighted by molar-refractivity contribution is 8.15. The average Bonchev–Trinajstić information content (AvgIpc) is 2.65. The molecule has 1 fully saturated rings. The van der Waals surface area contributed by atoms with Gasteiger partial charge in [0.05, 0.1) is 10.9 Å². The molecule has 1 N–H and O–H groups in total. The Morgan fingerprint density at radius 1 is 1.41 bits per heavy atom. The van der Waals surface area contributed by atoms with E-state index in [1.165, 1.54) is 17.3 Å². The smallest absolute Gasteiger partial charge is 0.239 e. The van der Waals surface area contributed by atoms with Crippen LogP contribution in [0.1, 0.15) is 24.5 Å². The van der Waals surface area contributed by atoms with E-state index in [4.69, 9.17) is 0 Å². The molecule has 4 heteroatoms. The van der Waals surface area contributed by atoms with E-state index in [1.807, 2.05) is 26.0 Å². The van der Waals surface area contributed by atoms with Crippen LogP contribution in [-0.4, -0.2) is 16.3 Å². The number of aliphatic imine (C=N–C) groups is 1. The van der Waals surface area contributed by atoms with Crippen molar-refractivity contribution in [3.8, 4) is 0 Å². The number of aryl methyl sites for hydroxylation is 1. The average molecular weight is 248 g/mol. The van der Waals surface area contributed by atoms with Gasteiger partial charge in [-0.15, -0.1) is 0 Å². The summed E-state index contributed by atoms with van der Waals surface area (Å²) in [5.74, 6) is 0.0709. The molecule has 1 heterocycles. The quantitative estimate of drug-likeness (QED) is 0.874. The number of hydrogen-bond donors (Lipinski definition) is 1. The van der Waals surface area contributed by atoms with Crippen molar-refractivity contribution in [1.82, 2.24) is 5.32 Å². The van der Waals surface area contributed by atoms with Gasteiger partial charge in [-0.1, -0.05) is 30.8 Å². The molecule has 0 aliphatic carbocycles. The number of thioether (sulfide) groups is 1. The molecule has 1 aromatic carbocycles. The van der Waals surface area contributed by atoms with Gasteiger partial charge in [0.1, 0.15) is 0 Å². The highest BCUT2D eigenvalue weighted by Gasteiger charge is 2.28. The van der Waals surface area contributed by atoms with Crippen LogP contribution in [0.4, 0.5) is 5.69 Å². The zero-order valence-electron chi connectivity index (χ0n) is 10.3. The van der Waals surface area contributed by atoms with Crippen molar-refractivity contribution in [3.63, 3.8) is 0 Å². The van der Waals surface area contributed by atoms with Gasteiger partial charge in [-0.3, -0.25) is 4.79 Å². The van der Waals surface area contributed by atoms with Gasteiger partial charge in [-0.05, 0) is 37.5 Å². The Kier molecular flexibility index (Phi) is 3.52. The van der Waals surface area contributed by atoms with Crippen LogP contribution in [0, 0.1) is 13.8 Å². The Morgan fingerprint density at radius 3 is 2.82 bits per heavy atom. The van der Waals surface area contributed by atoms with Crippen molar-refractivity contribution in [2.75, 3.05) is 0 Å². The van der Waals surface area contributed by atoms with Gasteiger partial charge in [0.25, 0.3) is 0 Å². The van der Waals surface area contributed by atoms with Crippen molar-refractivity contribution >= 4 is 28.5 Å². The number of hydrogen-bond acceptors (Lipinski definition) is 3. The van der Waals surface area contributed by atoms with Crippen molar-refractivity contribution < 1.29 is 4.79 Å². The lowest BCUT2D eigenvalue weighted by molar-refractivity contribution is -0.118. The molecule has 0 bridgehead atoms. The predicted molar refractivity (Wildman–Crippen MR) is 72.8 cm³/mol. The number of carbonyl (C=O) groups is 1. The van der Waals surface area contributed by atoms with Crippen LogP contribution in [0.25, 0.3) is 0 Å². The van der Waals surface area contributed by atoms with Gasteiger partial charge < -0.3 is 5.32 Å². The first-order valence-corrected chi connectivity index (χ1v) is 6.62. The van der Waals surface area contributed by atoms with Crippen LogP contribution < -0.4 is 5.32 Å². The van der Waals surface area contributed by atoms with E-state index in [1.54, 1.807) is 0 Å². The molecule has 0 unspecified atom stereocenters. The first-order valence-electron chi connectivity index (χ1n) is 5.74. The second kappa shape index (κ2) is 4.92. The molecule has 1 aliphatic heterocycles. The van der Waals surface area contributed by atoms with E-state index in [0.29, 0.717) is 0 Å². The number of nitrogens with zero attached hydrogens (tertiary/aromatic N) is 1. The summed E-state index contributed by atoms with van der Waals surface area (Å²) in [5.41, 5.74) is 3.31. The first kappa shape index (κ1) is 12.2. The van der Waals surface area contributed by atoms with Gasteiger partial charge >= 0.3 is 0 Å². The van der Waals surface area contributed by atoms with Crippen LogP contribution >= 0.6 is 11.8 Å². The zero-order chi connectivity index (χ0) is 12.4. The Morgan fingerprint density at radius 2 is 2.18 bits per heavy atom. The van der Waals surface area contributed by atoms with Gasteiger partial charge in [-0.25, -0.2) is 4.99 Å². The van der Waals surface area contributed by atoms with Crippen molar-refractivity contribution in [1.29, 1.82) is 0 Å². The van der Waals surface area contributed by atoms with Gasteiger partial charge in [0.15, 0.2) is 5.17 Å². The van der Waals surface area contributed by atoms with E-state index in [-0.39, 0.29) is 11.2 Å². The van der Waals surface area contributed by atoms with Crippen molar-refractivity contribution in [3.05, 3.63) is 29.3 Å². The molecule has 3 nitrogen and oxygen atoms in total. The zero-order valence-corrected chi connectivity index (χ0v) is 11.1. The van der Waals surface area contributed by atoms with Crippen LogP contribution in [0.3, 0.4) is 0 Å². The van der Waals surface area contributed by atoms with E-state index < -0.39 is 0 Å². The number of rotatable bonds is 2. The second-order valence-corrected chi connectivity index (χ2v) is 5.33. The normalized spacial score (nSPS) is 21.9. The third-order valence-corrected chi connectivity index (χ3v) is 4.19. The maximum Gasteiger partial charge on any atom is 0.239 e. The number of carbonyl (C=O) groups excluding carboxylic acids is 1. The minimum atomic E-state index is 0.0128. The molecular formula is C13H16N2OS. The van der Waals surface area contributed by atoms with E-state index in [9.17, 15) is 4.79 Å². The fraction of sp³-hybridized carbons (Fsp3) is 0.385. The molecular weight excluding hydrogens is 232 g/mol. The first-order chi connectivity index (χ1) is 8.11. The Labute approximate surface area is 106 Å². The third kappa shape index (κ3) is 2.52. The lowest BCUT2D eigenvalue weighted by Crippen LogP contribution is -2.24. The number of benzene rings is 1. The molecule has 0 aromatic heterocycles. The monoisotopic (exact) mass is 248 g/mol. The summed E-state index contributed by atoms with van der Waals surface area (Å²) < 4.78 is 0. The highest BCUT2D eigenvalue weighted by atomic mass is 32.2. The summed E-state index contributed by atoms with van der Waals surface area (Å²) in [5, 5.41) is 3.56. The lowest BCUT2D eigenvalue weighted by Gasteiger charge is -2.04. The Hall–Kier alpha value is -1.29. The summed E-state index contributed by atoms with van der Waals surface area (Å²) in [4.78, 5) is 16.1. The summed E-state index contributed by atoms with van der Waals surface area (Å²) in [6.45, 7) is 6.12. The van der Waals surface area contributed by atoms with E-state index in [2.05, 4.69) is 23.3 Å². The Balaban J connectivity index is 2.26. The topological polar surface area (TPSA) is 41.5 Å². The molecule has 17 heavy (non-hydrogen) atoms. The van der Waals surface area contributed by atoms with Gasteiger partial charge in [0.2, 0.25) is 5.91 Å². The lowest BCUT2D eigenvalue weighted by atomic mass is 10.1. The molecule has 2 rings (SSSR count). The van der Waals surface area contributed by atoms with Crippen LogP contribution in [0.2, 0.25) is 0 Å². The molecule has 90 valence electrons. The SMILES string of the molecule is CC[C@@H]1SC(=Nc2cccc(C)c2C)NC1=O. The van der Waals surface area contributed by atoms with Crippen molar-refractivity contribution in [2.45, 2.75) is 32.4 Å². The van der Waals surface area contributed by atoms with Crippen LogP contribution in [-0.2, 0) is 4.79 Å². The molecule has 0 spiro atoms. The predicted octanol–water partition coefficient (Wildman–Crippen LogP) is 2.93. The summed E-state index contributed by atoms with van der Waals surface area (Å²) in [6.07, 6.45) is 0.836.